The molecule has 0 atom stereocenters. The van der Waals surface area contributed by atoms with E-state index in [0.717, 1.165) is 22.4 Å². The molecule has 0 fully saturated rings. The number of nitrogens with one attached hydrogen (secondary N) is 1. The van der Waals surface area contributed by atoms with Gasteiger partial charge in [-0.25, -0.2) is 4.98 Å². The molecule has 4 aromatic rings. The predicted octanol–water partition coefficient (Wildman–Crippen LogP) is 6.02. The lowest BCUT2D eigenvalue weighted by Crippen LogP contribution is -2.26. The highest BCUT2D eigenvalue weighted by Gasteiger charge is 2.14. The summed E-state index contributed by atoms with van der Waals surface area (Å²) in [6.07, 6.45) is 0.559. The largest absolute Gasteiger partial charge is 0.352 e. The van der Waals surface area contributed by atoms with Crippen molar-refractivity contribution in [3.8, 4) is 0 Å². The van der Waals surface area contributed by atoms with Crippen LogP contribution in [0.2, 0.25) is 15.1 Å². The first kappa shape index (κ1) is 20.7. The van der Waals surface area contributed by atoms with Gasteiger partial charge in [-0.1, -0.05) is 59.1 Å². The van der Waals surface area contributed by atoms with Crippen LogP contribution in [0.15, 0.2) is 66.7 Å². The van der Waals surface area contributed by atoms with Crippen molar-refractivity contribution in [3.63, 3.8) is 0 Å². The fourth-order valence-corrected chi connectivity index (χ4v) is 4.06. The molecule has 4 rings (SSSR count). The number of para-hydroxylation sites is 2. The molecule has 1 N–H and O–H groups in total. The van der Waals surface area contributed by atoms with Crippen molar-refractivity contribution in [2.75, 3.05) is 6.54 Å². The van der Waals surface area contributed by atoms with Crippen molar-refractivity contribution in [2.45, 2.75) is 13.0 Å². The Morgan fingerprint density at radius 3 is 2.43 bits per heavy atom. The van der Waals surface area contributed by atoms with Crippen LogP contribution in [0.3, 0.4) is 0 Å². The molecule has 152 valence electrons. The molecule has 0 aliphatic heterocycles. The van der Waals surface area contributed by atoms with Gasteiger partial charge in [0.2, 0.25) is 0 Å². The van der Waals surface area contributed by atoms with Crippen molar-refractivity contribution >= 4 is 51.7 Å². The van der Waals surface area contributed by atoms with Gasteiger partial charge >= 0.3 is 0 Å². The van der Waals surface area contributed by atoms with Gasteiger partial charge in [-0.15, -0.1) is 0 Å². The van der Waals surface area contributed by atoms with Crippen molar-refractivity contribution in [2.24, 2.45) is 0 Å². The molecular formula is C23H18Cl3N3O. The van der Waals surface area contributed by atoms with Crippen LogP contribution in [0.25, 0.3) is 11.0 Å². The third kappa shape index (κ3) is 4.46. The third-order valence-electron chi connectivity index (χ3n) is 4.83. The third-order valence-corrected chi connectivity index (χ3v) is 5.78. The Labute approximate surface area is 189 Å². The van der Waals surface area contributed by atoms with E-state index in [1.54, 1.807) is 24.3 Å². The maximum Gasteiger partial charge on any atom is 0.251 e. The fraction of sp³-hybridized carbons (Fsp3) is 0.130. The van der Waals surface area contributed by atoms with E-state index in [-0.39, 0.29) is 5.91 Å². The lowest BCUT2D eigenvalue weighted by molar-refractivity contribution is 0.0954. The van der Waals surface area contributed by atoms with E-state index in [1.807, 2.05) is 42.5 Å². The van der Waals surface area contributed by atoms with E-state index >= 15 is 0 Å². The average molecular weight is 459 g/mol. The minimum atomic E-state index is -0.172. The molecule has 30 heavy (non-hydrogen) atoms. The van der Waals surface area contributed by atoms with Crippen LogP contribution in [-0.2, 0) is 13.0 Å². The number of halogens is 3. The van der Waals surface area contributed by atoms with E-state index in [9.17, 15) is 4.79 Å². The van der Waals surface area contributed by atoms with E-state index in [0.29, 0.717) is 40.1 Å². The molecule has 0 aliphatic carbocycles. The lowest BCUT2D eigenvalue weighted by Gasteiger charge is -2.13. The smallest absolute Gasteiger partial charge is 0.251 e. The number of imidazole rings is 1. The number of nitrogens with zero attached hydrogens (tertiary/aromatic N) is 2. The molecule has 7 heteroatoms. The maximum absolute atomic E-state index is 12.4. The molecule has 0 spiro atoms. The van der Waals surface area contributed by atoms with Crippen LogP contribution in [0.4, 0.5) is 0 Å². The summed E-state index contributed by atoms with van der Waals surface area (Å²) in [6, 6.07) is 20.2. The average Bonchev–Trinajstić information content (AvgIpc) is 3.08. The number of aromatic nitrogens is 2. The summed E-state index contributed by atoms with van der Waals surface area (Å²) >= 11 is 18.8. The summed E-state index contributed by atoms with van der Waals surface area (Å²) in [4.78, 5) is 17.1. The van der Waals surface area contributed by atoms with Crippen LogP contribution >= 0.6 is 34.8 Å². The highest BCUT2D eigenvalue weighted by atomic mass is 35.5. The van der Waals surface area contributed by atoms with Crippen molar-refractivity contribution < 1.29 is 4.79 Å². The van der Waals surface area contributed by atoms with Gasteiger partial charge in [-0.3, -0.25) is 4.79 Å². The van der Waals surface area contributed by atoms with Gasteiger partial charge in [0.1, 0.15) is 5.82 Å². The molecule has 0 bridgehead atoms. The van der Waals surface area contributed by atoms with E-state index < -0.39 is 0 Å². The van der Waals surface area contributed by atoms with Gasteiger partial charge < -0.3 is 9.88 Å². The molecule has 0 aliphatic rings. The van der Waals surface area contributed by atoms with Crippen LogP contribution in [0, 0.1) is 0 Å². The van der Waals surface area contributed by atoms with Crippen molar-refractivity contribution in [3.05, 3.63) is 98.7 Å². The molecule has 1 amide bonds. The highest BCUT2D eigenvalue weighted by molar-refractivity contribution is 6.36. The number of rotatable bonds is 6. The van der Waals surface area contributed by atoms with Gasteiger partial charge in [-0.05, 0) is 42.5 Å². The molecule has 4 nitrogen and oxygen atoms in total. The Morgan fingerprint density at radius 1 is 0.933 bits per heavy atom. The zero-order chi connectivity index (χ0) is 21.1. The van der Waals surface area contributed by atoms with Crippen molar-refractivity contribution in [1.29, 1.82) is 0 Å². The molecule has 0 saturated carbocycles. The Bertz CT molecular complexity index is 1200. The van der Waals surface area contributed by atoms with Gasteiger partial charge in [-0.2, -0.15) is 0 Å². The Morgan fingerprint density at radius 2 is 1.67 bits per heavy atom. The Hall–Kier alpha value is -2.53. The zero-order valence-electron chi connectivity index (χ0n) is 15.9. The Kier molecular flexibility index (Phi) is 6.28. The summed E-state index contributed by atoms with van der Waals surface area (Å²) in [7, 11) is 0. The van der Waals surface area contributed by atoms with Crippen LogP contribution in [-0.4, -0.2) is 22.0 Å². The number of amides is 1. The number of hydrogen-bond donors (Lipinski definition) is 1. The topological polar surface area (TPSA) is 46.9 Å². The second-order valence-corrected chi connectivity index (χ2v) is 8.07. The monoisotopic (exact) mass is 457 g/mol. The summed E-state index contributed by atoms with van der Waals surface area (Å²) < 4.78 is 2.09. The normalized spacial score (nSPS) is 11.0. The van der Waals surface area contributed by atoms with E-state index in [1.165, 1.54) is 0 Å². The molecule has 0 saturated heterocycles. The first-order chi connectivity index (χ1) is 14.5. The number of carbonyl (C=O) groups excluding carboxylic acids is 1. The Balaban J connectivity index is 1.57. The van der Waals surface area contributed by atoms with Crippen LogP contribution < -0.4 is 5.32 Å². The fourth-order valence-electron chi connectivity index (χ4n) is 3.35. The van der Waals surface area contributed by atoms with Gasteiger partial charge in [0.25, 0.3) is 5.91 Å². The second kappa shape index (κ2) is 9.09. The van der Waals surface area contributed by atoms with E-state index in [2.05, 4.69) is 9.88 Å². The van der Waals surface area contributed by atoms with Gasteiger partial charge in [0.15, 0.2) is 0 Å². The van der Waals surface area contributed by atoms with Crippen LogP contribution in [0.5, 0.6) is 0 Å². The lowest BCUT2D eigenvalue weighted by atomic mass is 10.2. The molecule has 1 aromatic heterocycles. The minimum Gasteiger partial charge on any atom is -0.352 e. The predicted molar refractivity (Wildman–Crippen MR) is 123 cm³/mol. The minimum absolute atomic E-state index is 0.172. The summed E-state index contributed by atoms with van der Waals surface area (Å²) in [5.74, 6) is 0.674. The van der Waals surface area contributed by atoms with Gasteiger partial charge in [0.05, 0.1) is 17.6 Å². The molecule has 0 unspecified atom stereocenters. The SMILES string of the molecule is O=C(NCCc1nc2ccccc2n1Cc1c(Cl)cccc1Cl)c1cccc(Cl)c1. The van der Waals surface area contributed by atoms with E-state index in [4.69, 9.17) is 39.8 Å². The quantitative estimate of drug-likeness (QED) is 0.384. The number of fused-ring (bicyclic) bond motifs is 1. The van der Waals surface area contributed by atoms with Crippen molar-refractivity contribution in [1.82, 2.24) is 14.9 Å². The summed E-state index contributed by atoms with van der Waals surface area (Å²) in [5.41, 5.74) is 3.24. The first-order valence-corrected chi connectivity index (χ1v) is 10.6. The molecule has 3 aromatic carbocycles. The van der Waals surface area contributed by atoms with Gasteiger partial charge in [0, 0.05) is 39.2 Å². The molecule has 0 radical (unpaired) electrons. The number of benzene rings is 3. The summed E-state index contributed by atoms with van der Waals surface area (Å²) in [5, 5.41) is 4.68. The molecular weight excluding hydrogens is 441 g/mol. The number of hydrogen-bond acceptors (Lipinski definition) is 2. The second-order valence-electron chi connectivity index (χ2n) is 6.82. The maximum atomic E-state index is 12.4. The summed E-state index contributed by atoms with van der Waals surface area (Å²) in [6.45, 7) is 0.932. The highest BCUT2D eigenvalue weighted by Crippen LogP contribution is 2.27. The van der Waals surface area contributed by atoms with Crippen LogP contribution in [0.1, 0.15) is 21.7 Å². The number of carbonyl (C=O) groups is 1. The standard InChI is InChI=1S/C23H18Cl3N3O/c24-16-6-3-5-15(13-16)23(30)27-12-11-22-28-20-9-1-2-10-21(20)29(22)14-17-18(25)7-4-8-19(17)26/h1-10,13H,11-12,14H2,(H,27,30). The molecule has 1 heterocycles. The first-order valence-electron chi connectivity index (χ1n) is 9.44. The zero-order valence-corrected chi connectivity index (χ0v) is 18.2.